The maximum absolute atomic E-state index is 12.4. The lowest BCUT2D eigenvalue weighted by molar-refractivity contribution is -0.142. The molecule has 0 fully saturated rings. The minimum absolute atomic E-state index is 0.316. The molecule has 0 spiro atoms. The number of esters is 1. The molecule has 7 nitrogen and oxygen atoms in total. The minimum Gasteiger partial charge on any atom is -0.467 e. The SMILES string of the molecule is COC(=O)[C@H](CCSC)NC(=O)c1cccc(NC(=O)OC(C)(C)C)c1. The van der Waals surface area contributed by atoms with Crippen molar-refractivity contribution in [3.8, 4) is 0 Å². The summed E-state index contributed by atoms with van der Waals surface area (Å²) in [5.74, 6) is -0.204. The number of thioether (sulfide) groups is 1. The Morgan fingerprint density at radius 1 is 1.23 bits per heavy atom. The molecule has 2 amide bonds. The second-order valence-electron chi connectivity index (χ2n) is 6.54. The van der Waals surface area contributed by atoms with Crippen LogP contribution in [0.1, 0.15) is 37.6 Å². The van der Waals surface area contributed by atoms with Crippen LogP contribution in [0.4, 0.5) is 10.5 Å². The van der Waals surface area contributed by atoms with E-state index >= 15 is 0 Å². The number of rotatable bonds is 7. The lowest BCUT2D eigenvalue weighted by Gasteiger charge is -2.20. The summed E-state index contributed by atoms with van der Waals surface area (Å²) in [5.41, 5.74) is 0.117. The summed E-state index contributed by atoms with van der Waals surface area (Å²) in [7, 11) is 1.28. The van der Waals surface area contributed by atoms with E-state index in [0.29, 0.717) is 23.4 Å². The van der Waals surface area contributed by atoms with Gasteiger partial charge in [0, 0.05) is 11.3 Å². The topological polar surface area (TPSA) is 93.7 Å². The third-order valence-corrected chi connectivity index (χ3v) is 3.82. The second kappa shape index (κ2) is 10.1. The van der Waals surface area contributed by atoms with E-state index in [-0.39, 0.29) is 0 Å². The highest BCUT2D eigenvalue weighted by molar-refractivity contribution is 7.98. The molecule has 0 aromatic heterocycles. The van der Waals surface area contributed by atoms with Gasteiger partial charge < -0.3 is 14.8 Å². The number of anilines is 1. The Bertz CT molecular complexity index is 643. The molecule has 0 saturated heterocycles. The van der Waals surface area contributed by atoms with E-state index < -0.39 is 29.6 Å². The maximum atomic E-state index is 12.4. The summed E-state index contributed by atoms with van der Waals surface area (Å²) in [6, 6.07) is 5.67. The van der Waals surface area contributed by atoms with Gasteiger partial charge in [-0.15, -0.1) is 0 Å². The van der Waals surface area contributed by atoms with Crippen molar-refractivity contribution >= 4 is 35.4 Å². The molecule has 2 N–H and O–H groups in total. The summed E-state index contributed by atoms with van der Waals surface area (Å²) in [4.78, 5) is 36.1. The first-order chi connectivity index (χ1) is 12.2. The normalized spacial score (nSPS) is 12.0. The Morgan fingerprint density at radius 3 is 2.50 bits per heavy atom. The van der Waals surface area contributed by atoms with Crippen LogP contribution in [0.25, 0.3) is 0 Å². The Kier molecular flexibility index (Phi) is 8.44. The number of hydrogen-bond acceptors (Lipinski definition) is 6. The molecule has 1 aromatic rings. The summed E-state index contributed by atoms with van der Waals surface area (Å²) < 4.78 is 9.92. The number of benzene rings is 1. The van der Waals surface area contributed by atoms with Gasteiger partial charge in [-0.2, -0.15) is 11.8 Å². The summed E-state index contributed by atoms with van der Waals surface area (Å²) in [6.45, 7) is 5.29. The highest BCUT2D eigenvalue weighted by Gasteiger charge is 2.22. The van der Waals surface area contributed by atoms with Crippen LogP contribution >= 0.6 is 11.8 Å². The van der Waals surface area contributed by atoms with Crippen LogP contribution in [0.2, 0.25) is 0 Å². The lowest BCUT2D eigenvalue weighted by Crippen LogP contribution is -2.42. The fourth-order valence-electron chi connectivity index (χ4n) is 2.03. The number of hydrogen-bond donors (Lipinski definition) is 2. The molecular formula is C18H26N2O5S. The first-order valence-electron chi connectivity index (χ1n) is 8.14. The first-order valence-corrected chi connectivity index (χ1v) is 9.53. The Balaban J connectivity index is 2.80. The molecule has 0 saturated carbocycles. The average Bonchev–Trinajstić information content (AvgIpc) is 2.56. The number of ether oxygens (including phenoxy) is 2. The van der Waals surface area contributed by atoms with Crippen molar-refractivity contribution in [3.63, 3.8) is 0 Å². The highest BCUT2D eigenvalue weighted by Crippen LogP contribution is 2.14. The number of amides is 2. The van der Waals surface area contributed by atoms with Gasteiger partial charge in [-0.05, 0) is 57.4 Å². The van der Waals surface area contributed by atoms with E-state index in [0.717, 1.165) is 0 Å². The maximum Gasteiger partial charge on any atom is 0.412 e. The van der Waals surface area contributed by atoms with Gasteiger partial charge in [0.15, 0.2) is 0 Å². The predicted molar refractivity (Wildman–Crippen MR) is 103 cm³/mol. The Hall–Kier alpha value is -2.22. The van der Waals surface area contributed by atoms with Crippen LogP contribution in [-0.2, 0) is 14.3 Å². The molecule has 26 heavy (non-hydrogen) atoms. The molecule has 0 bridgehead atoms. The molecule has 0 aliphatic rings. The second-order valence-corrected chi connectivity index (χ2v) is 7.52. The highest BCUT2D eigenvalue weighted by atomic mass is 32.2. The molecule has 0 heterocycles. The van der Waals surface area contributed by atoms with Crippen LogP contribution in [0.3, 0.4) is 0 Å². The standard InChI is InChI=1S/C18H26N2O5S/c1-18(2,3)25-17(23)19-13-8-6-7-12(11-13)15(21)20-14(9-10-26-5)16(22)24-4/h6-8,11,14H,9-10H2,1-5H3,(H,19,23)(H,20,21)/t14-/m0/s1. The van der Waals surface area contributed by atoms with Gasteiger partial charge in [0.2, 0.25) is 0 Å². The van der Waals surface area contributed by atoms with Crippen molar-refractivity contribution in [2.24, 2.45) is 0 Å². The zero-order chi connectivity index (χ0) is 19.7. The molecule has 144 valence electrons. The van der Waals surface area contributed by atoms with Crippen molar-refractivity contribution < 1.29 is 23.9 Å². The third kappa shape index (κ3) is 7.77. The van der Waals surface area contributed by atoms with Gasteiger partial charge in [-0.3, -0.25) is 10.1 Å². The molecular weight excluding hydrogens is 356 g/mol. The van der Waals surface area contributed by atoms with Gasteiger partial charge in [-0.25, -0.2) is 9.59 Å². The molecule has 0 radical (unpaired) electrons. The Morgan fingerprint density at radius 2 is 1.92 bits per heavy atom. The molecule has 0 unspecified atom stereocenters. The molecule has 1 rings (SSSR count). The predicted octanol–water partition coefficient (Wildman–Crippen LogP) is 3.06. The van der Waals surface area contributed by atoms with Crippen molar-refractivity contribution in [1.82, 2.24) is 5.32 Å². The quantitative estimate of drug-likeness (QED) is 0.704. The fourth-order valence-corrected chi connectivity index (χ4v) is 2.50. The van der Waals surface area contributed by atoms with E-state index in [1.165, 1.54) is 13.2 Å². The summed E-state index contributed by atoms with van der Waals surface area (Å²) in [6.07, 6.45) is 1.78. The molecule has 1 atom stereocenters. The minimum atomic E-state index is -0.720. The van der Waals surface area contributed by atoms with Crippen molar-refractivity contribution in [3.05, 3.63) is 29.8 Å². The van der Waals surface area contributed by atoms with Crippen LogP contribution in [0.15, 0.2) is 24.3 Å². The zero-order valence-electron chi connectivity index (χ0n) is 15.8. The number of carbonyl (C=O) groups is 3. The lowest BCUT2D eigenvalue weighted by atomic mass is 10.1. The van der Waals surface area contributed by atoms with E-state index in [2.05, 4.69) is 10.6 Å². The largest absolute Gasteiger partial charge is 0.467 e. The third-order valence-electron chi connectivity index (χ3n) is 3.17. The number of nitrogens with one attached hydrogen (secondary N) is 2. The van der Waals surface area contributed by atoms with Crippen molar-refractivity contribution in [2.75, 3.05) is 24.4 Å². The van der Waals surface area contributed by atoms with Crippen LogP contribution in [-0.4, -0.2) is 48.7 Å². The van der Waals surface area contributed by atoms with Gasteiger partial charge in [0.05, 0.1) is 7.11 Å². The van der Waals surface area contributed by atoms with Crippen LogP contribution in [0.5, 0.6) is 0 Å². The van der Waals surface area contributed by atoms with Crippen molar-refractivity contribution in [1.29, 1.82) is 0 Å². The molecule has 1 aromatic carbocycles. The number of methoxy groups -OCH3 is 1. The van der Waals surface area contributed by atoms with E-state index in [4.69, 9.17) is 9.47 Å². The number of carbonyl (C=O) groups excluding carboxylic acids is 3. The van der Waals surface area contributed by atoms with E-state index in [1.807, 2.05) is 6.26 Å². The fraction of sp³-hybridized carbons (Fsp3) is 0.500. The van der Waals surface area contributed by atoms with E-state index in [9.17, 15) is 14.4 Å². The average molecular weight is 382 g/mol. The summed E-state index contributed by atoms with van der Waals surface area (Å²) in [5, 5.41) is 5.25. The zero-order valence-corrected chi connectivity index (χ0v) is 16.6. The monoisotopic (exact) mass is 382 g/mol. The molecule has 8 heteroatoms. The van der Waals surface area contributed by atoms with Gasteiger partial charge in [0.1, 0.15) is 11.6 Å². The summed E-state index contributed by atoms with van der Waals surface area (Å²) >= 11 is 1.57. The van der Waals surface area contributed by atoms with Crippen LogP contribution in [0, 0.1) is 0 Å². The van der Waals surface area contributed by atoms with Crippen molar-refractivity contribution in [2.45, 2.75) is 38.8 Å². The van der Waals surface area contributed by atoms with Crippen LogP contribution < -0.4 is 10.6 Å². The smallest absolute Gasteiger partial charge is 0.412 e. The Labute approximate surface area is 158 Å². The first kappa shape index (κ1) is 21.8. The van der Waals surface area contributed by atoms with E-state index in [1.54, 1.807) is 50.7 Å². The molecule has 0 aliphatic carbocycles. The molecule has 0 aliphatic heterocycles. The van der Waals surface area contributed by atoms with Gasteiger partial charge in [-0.1, -0.05) is 6.07 Å². The van der Waals surface area contributed by atoms with Gasteiger partial charge in [0.25, 0.3) is 5.91 Å². The van der Waals surface area contributed by atoms with Gasteiger partial charge >= 0.3 is 12.1 Å².